The number of nitrogens with one attached hydrogen (secondary N) is 1. The van der Waals surface area contributed by atoms with Gasteiger partial charge in [0, 0.05) is 38.1 Å². The lowest BCUT2D eigenvalue weighted by Gasteiger charge is -2.35. The first-order valence-corrected chi connectivity index (χ1v) is 9.39. The van der Waals surface area contributed by atoms with E-state index in [1.54, 1.807) is 35.2 Å². The van der Waals surface area contributed by atoms with E-state index in [1.807, 2.05) is 0 Å². The minimum atomic E-state index is -4.42. The lowest BCUT2D eigenvalue weighted by atomic mass is 10.1. The number of benzene rings is 2. The maximum atomic E-state index is 12.9. The first-order chi connectivity index (χ1) is 14.3. The van der Waals surface area contributed by atoms with Crippen LogP contribution in [0, 0.1) is 0 Å². The molecule has 1 aliphatic rings. The molecule has 2 aromatic carbocycles. The van der Waals surface area contributed by atoms with Crippen LogP contribution in [0.5, 0.6) is 0 Å². The molecule has 0 aliphatic carbocycles. The molecule has 6 nitrogen and oxygen atoms in total. The molecule has 1 N–H and O–H groups in total. The van der Waals surface area contributed by atoms with E-state index in [4.69, 9.17) is 4.74 Å². The van der Waals surface area contributed by atoms with Gasteiger partial charge in [0.05, 0.1) is 5.56 Å². The Bertz CT molecular complexity index is 900. The fraction of sp³-hybridized carbons (Fsp3) is 0.333. The van der Waals surface area contributed by atoms with Crippen molar-refractivity contribution < 1.29 is 27.5 Å². The fourth-order valence-corrected chi connectivity index (χ4v) is 3.29. The summed E-state index contributed by atoms with van der Waals surface area (Å²) >= 11 is 0. The zero-order valence-corrected chi connectivity index (χ0v) is 16.4. The molecular formula is C21H22F3N3O3. The largest absolute Gasteiger partial charge is 0.416 e. The van der Waals surface area contributed by atoms with Gasteiger partial charge in [0.25, 0.3) is 0 Å². The number of nitrogens with zero attached hydrogens (tertiary/aromatic N) is 2. The van der Waals surface area contributed by atoms with E-state index in [9.17, 15) is 22.8 Å². The van der Waals surface area contributed by atoms with Crippen molar-refractivity contribution in [2.75, 3.05) is 37.0 Å². The number of ether oxygens (including phenoxy) is 1. The highest BCUT2D eigenvalue weighted by molar-refractivity contribution is 5.94. The van der Waals surface area contributed by atoms with Crippen LogP contribution in [-0.4, -0.2) is 43.6 Å². The highest BCUT2D eigenvalue weighted by Gasteiger charge is 2.31. The summed E-state index contributed by atoms with van der Waals surface area (Å²) < 4.78 is 43.6. The van der Waals surface area contributed by atoms with Crippen molar-refractivity contribution in [3.8, 4) is 0 Å². The lowest BCUT2D eigenvalue weighted by molar-refractivity contribution is -0.137. The number of carbonyl (C=O) groups is 2. The second kappa shape index (κ2) is 9.17. The van der Waals surface area contributed by atoms with E-state index in [0.29, 0.717) is 36.4 Å². The van der Waals surface area contributed by atoms with Crippen molar-refractivity contribution >= 4 is 23.3 Å². The Hall–Kier alpha value is -3.07. The molecule has 3 amide bonds. The molecule has 0 spiro atoms. The lowest BCUT2D eigenvalue weighted by Crippen LogP contribution is -2.49. The molecule has 0 aromatic heterocycles. The van der Waals surface area contributed by atoms with Crippen molar-refractivity contribution in [1.29, 1.82) is 0 Å². The van der Waals surface area contributed by atoms with Crippen LogP contribution in [0.2, 0.25) is 0 Å². The van der Waals surface area contributed by atoms with Gasteiger partial charge >= 0.3 is 12.2 Å². The maximum absolute atomic E-state index is 12.9. The molecule has 1 saturated heterocycles. The second-order valence-corrected chi connectivity index (χ2v) is 6.94. The van der Waals surface area contributed by atoms with Crippen molar-refractivity contribution in [3.63, 3.8) is 0 Å². The highest BCUT2D eigenvalue weighted by atomic mass is 19.4. The second-order valence-electron chi connectivity index (χ2n) is 6.94. The summed E-state index contributed by atoms with van der Waals surface area (Å²) in [4.78, 5) is 27.6. The first-order valence-electron chi connectivity index (χ1n) is 9.39. The van der Waals surface area contributed by atoms with E-state index in [0.717, 1.165) is 12.1 Å². The Labute approximate surface area is 172 Å². The van der Waals surface area contributed by atoms with Crippen LogP contribution >= 0.6 is 0 Å². The van der Waals surface area contributed by atoms with Gasteiger partial charge in [-0.25, -0.2) is 4.79 Å². The number of rotatable bonds is 6. The van der Waals surface area contributed by atoms with E-state index >= 15 is 0 Å². The third-order valence-corrected chi connectivity index (χ3v) is 4.68. The Morgan fingerprint density at radius 3 is 2.53 bits per heavy atom. The number of methoxy groups -OCH3 is 1. The van der Waals surface area contributed by atoms with Gasteiger partial charge < -0.3 is 15.0 Å². The summed E-state index contributed by atoms with van der Waals surface area (Å²) in [6.45, 7) is 1.02. The van der Waals surface area contributed by atoms with Crippen LogP contribution in [0.3, 0.4) is 0 Å². The van der Waals surface area contributed by atoms with E-state index in [-0.39, 0.29) is 25.1 Å². The topological polar surface area (TPSA) is 61.9 Å². The molecule has 0 bridgehead atoms. The van der Waals surface area contributed by atoms with Gasteiger partial charge in [-0.3, -0.25) is 9.69 Å². The number of carbonyl (C=O) groups excluding carboxylic acids is 2. The van der Waals surface area contributed by atoms with Crippen LogP contribution in [0.25, 0.3) is 0 Å². The Kier molecular flexibility index (Phi) is 6.61. The van der Waals surface area contributed by atoms with Gasteiger partial charge in [-0.05, 0) is 48.4 Å². The van der Waals surface area contributed by atoms with Crippen molar-refractivity contribution in [2.24, 2.45) is 0 Å². The van der Waals surface area contributed by atoms with Crippen LogP contribution in [0.4, 0.5) is 29.3 Å². The summed E-state index contributed by atoms with van der Waals surface area (Å²) in [5, 5.41) is 2.67. The molecule has 2 aromatic rings. The smallest absolute Gasteiger partial charge is 0.375 e. The number of amides is 3. The third kappa shape index (κ3) is 5.29. The van der Waals surface area contributed by atoms with Crippen LogP contribution in [0.15, 0.2) is 48.5 Å². The number of hydrogen-bond donors (Lipinski definition) is 1. The molecule has 1 heterocycles. The number of anilines is 2. The molecule has 30 heavy (non-hydrogen) atoms. The van der Waals surface area contributed by atoms with E-state index < -0.39 is 11.7 Å². The van der Waals surface area contributed by atoms with Crippen LogP contribution < -0.4 is 10.2 Å². The SMILES string of the molecule is COCC(=O)Nc1ccc(N2CCCN(Cc3cccc(C(F)(F)F)c3)C2=O)cc1. The molecule has 1 fully saturated rings. The molecule has 0 saturated carbocycles. The van der Waals surface area contributed by atoms with Crippen LogP contribution in [0.1, 0.15) is 17.5 Å². The molecule has 1 aliphatic heterocycles. The normalized spacial score (nSPS) is 14.7. The van der Waals surface area contributed by atoms with Gasteiger partial charge in [-0.15, -0.1) is 0 Å². The number of hydrogen-bond acceptors (Lipinski definition) is 3. The van der Waals surface area contributed by atoms with Crippen molar-refractivity contribution in [3.05, 3.63) is 59.7 Å². The molecule has 0 atom stereocenters. The van der Waals surface area contributed by atoms with Gasteiger partial charge in [-0.1, -0.05) is 12.1 Å². The zero-order valence-electron chi connectivity index (χ0n) is 16.4. The van der Waals surface area contributed by atoms with Crippen molar-refractivity contribution in [1.82, 2.24) is 4.90 Å². The Balaban J connectivity index is 1.69. The van der Waals surface area contributed by atoms with Gasteiger partial charge in [0.1, 0.15) is 6.61 Å². The molecule has 0 radical (unpaired) electrons. The highest BCUT2D eigenvalue weighted by Crippen LogP contribution is 2.30. The minimum absolute atomic E-state index is 0.0587. The summed E-state index contributed by atoms with van der Waals surface area (Å²) in [5.41, 5.74) is 0.924. The summed E-state index contributed by atoms with van der Waals surface area (Å²) in [6, 6.07) is 11.5. The maximum Gasteiger partial charge on any atom is 0.416 e. The number of halogens is 3. The molecule has 0 unspecified atom stereocenters. The van der Waals surface area contributed by atoms with E-state index in [1.165, 1.54) is 18.1 Å². The van der Waals surface area contributed by atoms with E-state index in [2.05, 4.69) is 5.32 Å². The van der Waals surface area contributed by atoms with Gasteiger partial charge in [0.2, 0.25) is 5.91 Å². The molecular weight excluding hydrogens is 399 g/mol. The molecule has 3 rings (SSSR count). The van der Waals surface area contributed by atoms with Gasteiger partial charge in [-0.2, -0.15) is 13.2 Å². The van der Waals surface area contributed by atoms with Crippen LogP contribution in [-0.2, 0) is 22.3 Å². The third-order valence-electron chi connectivity index (χ3n) is 4.68. The minimum Gasteiger partial charge on any atom is -0.375 e. The quantitative estimate of drug-likeness (QED) is 0.763. The predicted octanol–water partition coefficient (Wildman–Crippen LogP) is 4.12. The molecule has 160 valence electrons. The summed E-state index contributed by atoms with van der Waals surface area (Å²) in [5.74, 6) is -0.286. The Morgan fingerprint density at radius 1 is 1.13 bits per heavy atom. The van der Waals surface area contributed by atoms with Gasteiger partial charge in [0.15, 0.2) is 0 Å². The average Bonchev–Trinajstić information content (AvgIpc) is 2.70. The Morgan fingerprint density at radius 2 is 1.87 bits per heavy atom. The standard InChI is InChI=1S/C21H22F3N3O3/c1-30-14-19(28)25-17-6-8-18(9-7-17)27-11-3-10-26(20(27)29)13-15-4-2-5-16(12-15)21(22,23)24/h2,4-9,12H,3,10-11,13-14H2,1H3,(H,25,28). The molecule has 9 heteroatoms. The first kappa shape index (κ1) is 21.6. The summed E-state index contributed by atoms with van der Waals surface area (Å²) in [7, 11) is 1.43. The number of urea groups is 1. The average molecular weight is 421 g/mol. The monoisotopic (exact) mass is 421 g/mol. The predicted molar refractivity (Wildman–Crippen MR) is 106 cm³/mol. The zero-order chi connectivity index (χ0) is 21.7. The number of alkyl halides is 3. The summed E-state index contributed by atoms with van der Waals surface area (Å²) in [6.07, 6.45) is -3.73. The van der Waals surface area contributed by atoms with Crippen molar-refractivity contribution in [2.45, 2.75) is 19.1 Å². The fourth-order valence-electron chi connectivity index (χ4n) is 3.29.